The number of hydrogen-bond donors (Lipinski definition) is 1. The third-order valence-corrected chi connectivity index (χ3v) is 3.90. The molecule has 8 heteroatoms. The molecule has 0 aromatic carbocycles. The molecule has 3 fully saturated rings. The first kappa shape index (κ1) is 19.4. The molecule has 3 heterocycles. The Morgan fingerprint density at radius 1 is 0.960 bits per heavy atom. The first-order chi connectivity index (χ1) is 11.4. The molecule has 1 radical (unpaired) electrons. The number of hydrogen-bond acceptors (Lipinski definition) is 7. The van der Waals surface area contributed by atoms with Gasteiger partial charge >= 0.3 is 0 Å². The van der Waals surface area contributed by atoms with Crippen LogP contribution in [0.2, 0.25) is 0 Å². The first-order valence-corrected chi connectivity index (χ1v) is 8.06. The summed E-state index contributed by atoms with van der Waals surface area (Å²) in [5.41, 5.74) is 1.89. The van der Waals surface area contributed by atoms with Crippen LogP contribution >= 0.6 is 0 Å². The average molecular weight is 434 g/mol. The number of aliphatic hydroxyl groups excluding tert-OH is 1. The normalized spacial score (nSPS) is 21.3. The summed E-state index contributed by atoms with van der Waals surface area (Å²) in [5, 5.41) is 8.36. The second-order valence-electron chi connectivity index (χ2n) is 6.28. The van der Waals surface area contributed by atoms with E-state index in [4.69, 9.17) is 5.11 Å². The van der Waals surface area contributed by atoms with E-state index in [1.807, 2.05) is 14.7 Å². The molecule has 25 heavy (non-hydrogen) atoms. The van der Waals surface area contributed by atoms with Crippen molar-refractivity contribution < 1.29 is 39.0 Å². The van der Waals surface area contributed by atoms with E-state index in [9.17, 15) is 14.4 Å². The summed E-state index contributed by atoms with van der Waals surface area (Å²) in [7, 11) is 0. The molecule has 1 aliphatic carbocycles. The van der Waals surface area contributed by atoms with Gasteiger partial charge in [0.05, 0.1) is 11.5 Å². The molecule has 1 N–H and O–H groups in total. The Kier molecular flexibility index (Phi) is 5.83. The maximum absolute atomic E-state index is 12.4. The number of aliphatic hydroxyl groups is 1. The largest absolute Gasteiger partial charge is 0.512 e. The van der Waals surface area contributed by atoms with Crippen molar-refractivity contribution in [3.05, 3.63) is 35.0 Å². The zero-order chi connectivity index (χ0) is 17.4. The molecular formula is C17H21N3O4Rh. The van der Waals surface area contributed by atoms with Crippen LogP contribution in [0.25, 0.3) is 0 Å². The van der Waals surface area contributed by atoms with Gasteiger partial charge < -0.3 is 19.8 Å². The molecule has 0 spiro atoms. The SMILES string of the molecule is CC(=O)/C=C(/C)O.O=C1C=C(N2CC2)C(=O)C(N2CC2)=C1N1CC1.[Rh]. The summed E-state index contributed by atoms with van der Waals surface area (Å²) in [6.07, 6.45) is 2.69. The Bertz CT molecular complexity index is 695. The third-order valence-electron chi connectivity index (χ3n) is 3.90. The molecule has 0 aromatic rings. The quantitative estimate of drug-likeness (QED) is 0.223. The van der Waals surface area contributed by atoms with Gasteiger partial charge in [0.15, 0.2) is 5.78 Å². The van der Waals surface area contributed by atoms with Crippen molar-refractivity contribution in [2.45, 2.75) is 13.8 Å². The molecule has 7 nitrogen and oxygen atoms in total. The van der Waals surface area contributed by atoms with E-state index in [1.165, 1.54) is 26.0 Å². The average Bonchev–Trinajstić information content (AvgIpc) is 3.36. The number of rotatable bonds is 4. The van der Waals surface area contributed by atoms with Gasteiger partial charge in [-0.15, -0.1) is 0 Å². The van der Waals surface area contributed by atoms with E-state index in [0.29, 0.717) is 17.1 Å². The predicted octanol–water partition coefficient (Wildman–Crippen LogP) is 0.215. The fraction of sp³-hybridized carbons (Fsp3) is 0.471. The number of carbonyl (C=O) groups is 3. The molecule has 4 rings (SSSR count). The van der Waals surface area contributed by atoms with Crippen LogP contribution in [0, 0.1) is 0 Å². The van der Waals surface area contributed by atoms with Crippen molar-refractivity contribution in [2.75, 3.05) is 39.3 Å². The second-order valence-corrected chi connectivity index (χ2v) is 6.28. The van der Waals surface area contributed by atoms with E-state index in [1.54, 1.807) is 0 Å². The minimum atomic E-state index is -0.125. The van der Waals surface area contributed by atoms with Crippen LogP contribution in [0.15, 0.2) is 35.0 Å². The van der Waals surface area contributed by atoms with Gasteiger partial charge in [-0.25, -0.2) is 0 Å². The summed E-state index contributed by atoms with van der Waals surface area (Å²) in [6, 6.07) is 0. The monoisotopic (exact) mass is 434 g/mol. The maximum Gasteiger partial charge on any atom is 0.227 e. The summed E-state index contributed by atoms with van der Waals surface area (Å²) < 4.78 is 0. The number of Topliss-reactive ketones (excluding diaryl/α,β-unsaturated/α-hetero) is 1. The number of carbonyl (C=O) groups excluding carboxylic acids is 3. The van der Waals surface area contributed by atoms with Crippen molar-refractivity contribution in [3.8, 4) is 0 Å². The van der Waals surface area contributed by atoms with Crippen LogP contribution in [0.1, 0.15) is 13.8 Å². The molecule has 3 aliphatic heterocycles. The molecule has 4 aliphatic rings. The van der Waals surface area contributed by atoms with Crippen LogP contribution < -0.4 is 0 Å². The zero-order valence-corrected chi connectivity index (χ0v) is 15.9. The maximum atomic E-state index is 12.4. The smallest absolute Gasteiger partial charge is 0.227 e. The fourth-order valence-electron chi connectivity index (χ4n) is 2.57. The number of ketones is 3. The Labute approximate surface area is 159 Å². The molecule has 0 atom stereocenters. The van der Waals surface area contributed by atoms with Gasteiger partial charge in [-0.1, -0.05) is 0 Å². The van der Waals surface area contributed by atoms with E-state index in [0.717, 1.165) is 39.3 Å². The third kappa shape index (κ3) is 4.78. The summed E-state index contributed by atoms with van der Waals surface area (Å²) in [4.78, 5) is 40.5. The van der Waals surface area contributed by atoms with Crippen molar-refractivity contribution in [3.63, 3.8) is 0 Å². The van der Waals surface area contributed by atoms with E-state index >= 15 is 0 Å². The topological polar surface area (TPSA) is 80.5 Å². The van der Waals surface area contributed by atoms with Gasteiger partial charge in [0.2, 0.25) is 11.6 Å². The van der Waals surface area contributed by atoms with Crippen LogP contribution in [-0.2, 0) is 33.9 Å². The van der Waals surface area contributed by atoms with Crippen LogP contribution in [0.3, 0.4) is 0 Å². The number of nitrogens with zero attached hydrogens (tertiary/aromatic N) is 3. The summed E-state index contributed by atoms with van der Waals surface area (Å²) in [6.45, 7) is 8.25. The van der Waals surface area contributed by atoms with Gasteiger partial charge in [0.1, 0.15) is 11.4 Å². The minimum absolute atomic E-state index is 0. The van der Waals surface area contributed by atoms with Crippen molar-refractivity contribution in [2.24, 2.45) is 0 Å². The van der Waals surface area contributed by atoms with Crippen LogP contribution in [0.4, 0.5) is 0 Å². The minimum Gasteiger partial charge on any atom is -0.512 e. The molecule has 3 saturated heterocycles. The summed E-state index contributed by atoms with van der Waals surface area (Å²) >= 11 is 0. The van der Waals surface area contributed by atoms with Crippen LogP contribution in [0.5, 0.6) is 0 Å². The van der Waals surface area contributed by atoms with Gasteiger partial charge in [0.25, 0.3) is 0 Å². The molecule has 137 valence electrons. The van der Waals surface area contributed by atoms with Gasteiger partial charge in [-0.2, -0.15) is 0 Å². The van der Waals surface area contributed by atoms with Gasteiger partial charge in [-0.3, -0.25) is 14.4 Å². The van der Waals surface area contributed by atoms with E-state index < -0.39 is 0 Å². The van der Waals surface area contributed by atoms with Crippen molar-refractivity contribution in [1.82, 2.24) is 14.7 Å². The van der Waals surface area contributed by atoms with Gasteiger partial charge in [-0.05, 0) is 13.8 Å². The Morgan fingerprint density at radius 3 is 1.80 bits per heavy atom. The van der Waals surface area contributed by atoms with Crippen molar-refractivity contribution in [1.29, 1.82) is 0 Å². The second kappa shape index (κ2) is 7.52. The standard InChI is InChI=1S/C12H13N3O2.C5H8O2.Rh/c16-9-7-8(13-1-2-13)12(17)11(15-5-6-15)10(9)14-3-4-14;1-4(6)3-5(2)7;/h7H,1-6H2;3,6H,1-2H3;/b;4-3-;. The fourth-order valence-corrected chi connectivity index (χ4v) is 2.57. The van der Waals surface area contributed by atoms with Crippen LogP contribution in [-0.4, -0.2) is 76.4 Å². The molecule has 0 amide bonds. The molecule has 0 unspecified atom stereocenters. The summed E-state index contributed by atoms with van der Waals surface area (Å²) in [5.74, 6) is -0.0140. The van der Waals surface area contributed by atoms with Crippen molar-refractivity contribution >= 4 is 17.3 Å². The molecule has 0 saturated carbocycles. The van der Waals surface area contributed by atoms with Gasteiger partial charge in [0, 0.05) is 70.9 Å². The Hall–Kier alpha value is -1.95. The molecule has 0 bridgehead atoms. The first-order valence-electron chi connectivity index (χ1n) is 8.06. The van der Waals surface area contributed by atoms with E-state index in [2.05, 4.69) is 0 Å². The van der Waals surface area contributed by atoms with E-state index in [-0.39, 0.29) is 42.6 Å². The Balaban J connectivity index is 0.000000246. The zero-order valence-electron chi connectivity index (χ0n) is 14.2. The molecular weight excluding hydrogens is 413 g/mol. The number of allylic oxidation sites excluding steroid dienone is 3. The molecule has 0 aromatic heterocycles. The predicted molar refractivity (Wildman–Crippen MR) is 86.9 cm³/mol. The Morgan fingerprint density at radius 2 is 1.44 bits per heavy atom.